The van der Waals surface area contributed by atoms with Crippen molar-refractivity contribution in [2.45, 2.75) is 20.8 Å². The second kappa shape index (κ2) is 4.80. The summed E-state index contributed by atoms with van der Waals surface area (Å²) in [6.45, 7) is 6.29. The maximum Gasteiger partial charge on any atom is 0.130 e. The van der Waals surface area contributed by atoms with Gasteiger partial charge in [0.05, 0.1) is 10.6 Å². The number of anilines is 1. The smallest absolute Gasteiger partial charge is 0.130 e. The number of benzene rings is 1. The molecule has 0 spiro atoms. The zero-order valence-corrected chi connectivity index (χ0v) is 12.7. The molecule has 0 unspecified atom stereocenters. The predicted octanol–water partition coefficient (Wildman–Crippen LogP) is 4.11. The molecule has 0 aliphatic heterocycles. The summed E-state index contributed by atoms with van der Waals surface area (Å²) in [5, 5.41) is 4.71. The van der Waals surface area contributed by atoms with Crippen LogP contribution in [0.4, 0.5) is 5.82 Å². The molecule has 2 aromatic heterocycles. The van der Waals surface area contributed by atoms with E-state index < -0.39 is 0 Å². The molecule has 0 saturated heterocycles. The van der Waals surface area contributed by atoms with E-state index in [4.69, 9.17) is 10.8 Å². The van der Waals surface area contributed by atoms with E-state index in [0.717, 1.165) is 16.9 Å². The zero-order chi connectivity index (χ0) is 14.3. The van der Waals surface area contributed by atoms with Gasteiger partial charge in [0.25, 0.3) is 0 Å². The van der Waals surface area contributed by atoms with E-state index in [2.05, 4.69) is 19.9 Å². The Bertz CT molecular complexity index is 734. The summed E-state index contributed by atoms with van der Waals surface area (Å²) in [7, 11) is 0. The van der Waals surface area contributed by atoms with Gasteiger partial charge in [-0.1, -0.05) is 18.2 Å². The number of hydrogen-bond acceptors (Lipinski definition) is 3. The Hall–Kier alpha value is -2.07. The summed E-state index contributed by atoms with van der Waals surface area (Å²) in [5.41, 5.74) is 10.5. The van der Waals surface area contributed by atoms with Crippen molar-refractivity contribution in [3.63, 3.8) is 0 Å². The fourth-order valence-electron chi connectivity index (χ4n) is 2.20. The SMILES string of the molecule is Cc1cc(-c2nn(-c3ccccc3)c(N)c2C)sc1C. The first kappa shape index (κ1) is 12.9. The monoisotopic (exact) mass is 283 g/mol. The first-order valence-electron chi connectivity index (χ1n) is 6.56. The molecule has 20 heavy (non-hydrogen) atoms. The van der Waals surface area contributed by atoms with Crippen molar-refractivity contribution in [3.8, 4) is 16.3 Å². The molecule has 0 bridgehead atoms. The Labute approximate surface area is 122 Å². The van der Waals surface area contributed by atoms with Gasteiger partial charge in [0.15, 0.2) is 0 Å². The highest BCUT2D eigenvalue weighted by molar-refractivity contribution is 7.15. The van der Waals surface area contributed by atoms with Gasteiger partial charge < -0.3 is 5.73 Å². The van der Waals surface area contributed by atoms with Crippen molar-refractivity contribution >= 4 is 17.2 Å². The van der Waals surface area contributed by atoms with Crippen LogP contribution in [0.25, 0.3) is 16.3 Å². The molecule has 102 valence electrons. The summed E-state index contributed by atoms with van der Waals surface area (Å²) < 4.78 is 1.81. The molecular formula is C16H17N3S. The molecule has 2 heterocycles. The number of nitrogen functional groups attached to an aromatic ring is 1. The Morgan fingerprint density at radius 3 is 2.40 bits per heavy atom. The molecule has 0 aliphatic rings. The van der Waals surface area contributed by atoms with Crippen LogP contribution in [-0.4, -0.2) is 9.78 Å². The molecule has 0 amide bonds. The summed E-state index contributed by atoms with van der Waals surface area (Å²) >= 11 is 1.77. The average Bonchev–Trinajstić information content (AvgIpc) is 2.93. The highest BCUT2D eigenvalue weighted by Gasteiger charge is 2.16. The maximum atomic E-state index is 6.22. The highest BCUT2D eigenvalue weighted by atomic mass is 32.1. The molecule has 3 aromatic rings. The zero-order valence-electron chi connectivity index (χ0n) is 11.8. The number of aromatic nitrogens is 2. The lowest BCUT2D eigenvalue weighted by Crippen LogP contribution is -2.01. The second-order valence-electron chi connectivity index (χ2n) is 4.96. The molecule has 1 aromatic carbocycles. The van der Waals surface area contributed by atoms with Gasteiger partial charge in [-0.3, -0.25) is 0 Å². The van der Waals surface area contributed by atoms with E-state index in [1.54, 1.807) is 11.3 Å². The second-order valence-corrected chi connectivity index (χ2v) is 6.21. The van der Waals surface area contributed by atoms with E-state index in [1.807, 2.05) is 41.9 Å². The van der Waals surface area contributed by atoms with Crippen LogP contribution < -0.4 is 5.73 Å². The van der Waals surface area contributed by atoms with Gasteiger partial charge in [-0.05, 0) is 44.5 Å². The van der Waals surface area contributed by atoms with E-state index in [9.17, 15) is 0 Å². The number of nitrogens with zero attached hydrogens (tertiary/aromatic N) is 2. The largest absolute Gasteiger partial charge is 0.383 e. The number of hydrogen-bond donors (Lipinski definition) is 1. The molecule has 0 radical (unpaired) electrons. The summed E-state index contributed by atoms with van der Waals surface area (Å²) in [5.74, 6) is 0.704. The van der Waals surface area contributed by atoms with Gasteiger partial charge in [0.1, 0.15) is 11.5 Å². The Morgan fingerprint density at radius 2 is 1.80 bits per heavy atom. The number of aryl methyl sites for hydroxylation is 2. The van der Waals surface area contributed by atoms with Crippen molar-refractivity contribution in [2.24, 2.45) is 0 Å². The standard InChI is InChI=1S/C16H17N3S/c1-10-9-14(20-12(10)3)15-11(2)16(17)19(18-15)13-7-5-4-6-8-13/h4-9H,17H2,1-3H3. The van der Waals surface area contributed by atoms with Crippen LogP contribution in [0.2, 0.25) is 0 Å². The lowest BCUT2D eigenvalue weighted by atomic mass is 10.2. The molecule has 2 N–H and O–H groups in total. The van der Waals surface area contributed by atoms with Gasteiger partial charge in [-0.25, -0.2) is 4.68 Å². The Balaban J connectivity index is 2.15. The quantitative estimate of drug-likeness (QED) is 0.769. The minimum Gasteiger partial charge on any atom is -0.383 e. The van der Waals surface area contributed by atoms with Crippen molar-refractivity contribution in [1.29, 1.82) is 0 Å². The topological polar surface area (TPSA) is 43.8 Å². The number of rotatable bonds is 2. The molecule has 0 fully saturated rings. The van der Waals surface area contributed by atoms with E-state index in [1.165, 1.54) is 15.3 Å². The molecule has 0 aliphatic carbocycles. The van der Waals surface area contributed by atoms with Crippen LogP contribution in [0.15, 0.2) is 36.4 Å². The van der Waals surface area contributed by atoms with Crippen molar-refractivity contribution in [3.05, 3.63) is 52.4 Å². The average molecular weight is 283 g/mol. The highest BCUT2D eigenvalue weighted by Crippen LogP contribution is 2.34. The predicted molar refractivity (Wildman–Crippen MR) is 85.5 cm³/mol. The first-order chi connectivity index (χ1) is 9.58. The van der Waals surface area contributed by atoms with Gasteiger partial charge in [0, 0.05) is 10.4 Å². The fraction of sp³-hybridized carbons (Fsp3) is 0.188. The van der Waals surface area contributed by atoms with Crippen LogP contribution in [0.3, 0.4) is 0 Å². The van der Waals surface area contributed by atoms with Crippen molar-refractivity contribution < 1.29 is 0 Å². The maximum absolute atomic E-state index is 6.22. The third kappa shape index (κ3) is 2.02. The van der Waals surface area contributed by atoms with Gasteiger partial charge in [-0.2, -0.15) is 5.10 Å². The van der Waals surface area contributed by atoms with E-state index >= 15 is 0 Å². The van der Waals surface area contributed by atoms with Gasteiger partial charge in [0.2, 0.25) is 0 Å². The molecule has 3 rings (SSSR count). The van der Waals surface area contributed by atoms with Gasteiger partial charge >= 0.3 is 0 Å². The lowest BCUT2D eigenvalue weighted by Gasteiger charge is -2.02. The normalized spacial score (nSPS) is 10.9. The molecule has 4 heteroatoms. The van der Waals surface area contributed by atoms with Crippen LogP contribution in [0.1, 0.15) is 16.0 Å². The Kier molecular flexibility index (Phi) is 3.10. The van der Waals surface area contributed by atoms with Crippen molar-refractivity contribution in [1.82, 2.24) is 9.78 Å². The van der Waals surface area contributed by atoms with Crippen molar-refractivity contribution in [2.75, 3.05) is 5.73 Å². The molecule has 3 nitrogen and oxygen atoms in total. The minimum absolute atomic E-state index is 0.704. The van der Waals surface area contributed by atoms with E-state index in [-0.39, 0.29) is 0 Å². The van der Waals surface area contributed by atoms with Crippen LogP contribution >= 0.6 is 11.3 Å². The summed E-state index contributed by atoms with van der Waals surface area (Å²) in [4.78, 5) is 2.51. The summed E-state index contributed by atoms with van der Waals surface area (Å²) in [6, 6.07) is 12.2. The van der Waals surface area contributed by atoms with Crippen LogP contribution in [0.5, 0.6) is 0 Å². The lowest BCUT2D eigenvalue weighted by molar-refractivity contribution is 0.896. The number of para-hydroxylation sites is 1. The third-order valence-corrected chi connectivity index (χ3v) is 4.73. The van der Waals surface area contributed by atoms with E-state index in [0.29, 0.717) is 5.82 Å². The fourth-order valence-corrected chi connectivity index (χ4v) is 3.28. The summed E-state index contributed by atoms with van der Waals surface area (Å²) in [6.07, 6.45) is 0. The molecule has 0 saturated carbocycles. The van der Waals surface area contributed by atoms with Gasteiger partial charge in [-0.15, -0.1) is 11.3 Å². The van der Waals surface area contributed by atoms with Crippen LogP contribution in [-0.2, 0) is 0 Å². The molecular weight excluding hydrogens is 266 g/mol. The minimum atomic E-state index is 0.704. The third-order valence-electron chi connectivity index (χ3n) is 3.57. The number of thiophene rings is 1. The number of nitrogens with two attached hydrogens (primary N) is 1. The Morgan fingerprint density at radius 1 is 1.10 bits per heavy atom. The first-order valence-corrected chi connectivity index (χ1v) is 7.37. The molecule has 0 atom stereocenters. The van der Waals surface area contributed by atoms with Crippen LogP contribution in [0, 0.1) is 20.8 Å².